The van der Waals surface area contributed by atoms with Crippen LogP contribution >= 0.6 is 0 Å². The van der Waals surface area contributed by atoms with Crippen molar-refractivity contribution in [1.82, 2.24) is 4.31 Å². The molecule has 2 bridgehead atoms. The van der Waals surface area contributed by atoms with E-state index in [0.717, 1.165) is 25.4 Å². The molecule has 0 spiro atoms. The van der Waals surface area contributed by atoms with Gasteiger partial charge < -0.3 is 9.47 Å². The molecule has 2 rings (SSSR count). The molecule has 0 amide bonds. The van der Waals surface area contributed by atoms with Gasteiger partial charge in [-0.3, -0.25) is 8.98 Å². The highest BCUT2D eigenvalue weighted by Crippen LogP contribution is 2.41. The Balaban J connectivity index is 0.000000390. The second-order valence-corrected chi connectivity index (χ2v) is 8.54. The van der Waals surface area contributed by atoms with Gasteiger partial charge in [0, 0.05) is 14.1 Å². The molecule has 2 saturated heterocycles. The fourth-order valence-electron chi connectivity index (χ4n) is 2.41. The quantitative estimate of drug-likeness (QED) is 0.649. The van der Waals surface area contributed by atoms with Gasteiger partial charge in [0.2, 0.25) is 0 Å². The summed E-state index contributed by atoms with van der Waals surface area (Å²) in [6.07, 6.45) is 1.83. The highest BCUT2D eigenvalue weighted by molar-refractivity contribution is 7.84. The third kappa shape index (κ3) is 7.55. The highest BCUT2D eigenvalue weighted by Gasteiger charge is 2.56. The van der Waals surface area contributed by atoms with Crippen molar-refractivity contribution >= 4 is 16.3 Å². The van der Waals surface area contributed by atoms with Gasteiger partial charge in [0.1, 0.15) is 0 Å². The molecule has 162 valence electrons. The molecule has 0 aromatic rings. The topological polar surface area (TPSA) is 82.1 Å². The van der Waals surface area contributed by atoms with Crippen LogP contribution in [0.5, 0.6) is 0 Å². The normalized spacial score (nSPS) is 23.6. The van der Waals surface area contributed by atoms with E-state index in [0.29, 0.717) is 12.2 Å². The molecule has 7 nitrogen and oxygen atoms in total. The maximum atomic E-state index is 12.2. The molecule has 2 heterocycles. The predicted octanol–water partition coefficient (Wildman–Crippen LogP) is 2.91. The Morgan fingerprint density at radius 2 is 1.52 bits per heavy atom. The van der Waals surface area contributed by atoms with Crippen LogP contribution in [0.15, 0.2) is 0 Å². The zero-order valence-electron chi connectivity index (χ0n) is 16.6. The molecule has 1 atom stereocenters. The second-order valence-electron chi connectivity index (χ2n) is 6.62. The number of carbonyl (C=O) groups is 1. The number of rotatable bonds is 4. The van der Waals surface area contributed by atoms with E-state index in [4.69, 9.17) is 4.74 Å². The van der Waals surface area contributed by atoms with E-state index in [1.54, 1.807) is 0 Å². The lowest BCUT2D eigenvalue weighted by atomic mass is 9.87. The second kappa shape index (κ2) is 10.6. The van der Waals surface area contributed by atoms with Crippen LogP contribution in [0.2, 0.25) is 0 Å². The number of ether oxygens (including phenoxy) is 2. The summed E-state index contributed by atoms with van der Waals surface area (Å²) < 4.78 is 72.2. The minimum atomic E-state index is -4.55. The fraction of sp³-hybridized carbons (Fsp3) is 0.938. The summed E-state index contributed by atoms with van der Waals surface area (Å²) in [7, 11) is 1.47. The first kappa shape index (κ1) is 26.1. The van der Waals surface area contributed by atoms with Crippen LogP contribution in [0.25, 0.3) is 0 Å². The van der Waals surface area contributed by atoms with E-state index in [2.05, 4.69) is 8.92 Å². The largest absolute Gasteiger partial charge is 0.468 e. The number of carbonyl (C=O) groups excluding carboxylic acids is 1. The van der Waals surface area contributed by atoms with Crippen LogP contribution in [0.3, 0.4) is 0 Å². The lowest BCUT2D eigenvalue weighted by molar-refractivity contribution is -0.229. The van der Waals surface area contributed by atoms with Crippen LogP contribution in [0, 0.1) is 5.41 Å². The summed E-state index contributed by atoms with van der Waals surface area (Å²) in [6, 6.07) is 0. The monoisotopic (exact) mass is 421 g/mol. The van der Waals surface area contributed by atoms with Crippen molar-refractivity contribution in [3.8, 4) is 0 Å². The summed E-state index contributed by atoms with van der Waals surface area (Å²) in [4.78, 5) is 10.8. The lowest BCUT2D eigenvalue weighted by Crippen LogP contribution is -2.42. The number of methoxy groups -OCH3 is 1. The van der Waals surface area contributed by atoms with Gasteiger partial charge in [0.25, 0.3) is 0 Å². The van der Waals surface area contributed by atoms with Crippen molar-refractivity contribution in [3.63, 3.8) is 0 Å². The van der Waals surface area contributed by atoms with E-state index >= 15 is 0 Å². The van der Waals surface area contributed by atoms with Crippen LogP contribution in [-0.2, 0) is 28.8 Å². The number of fused-ring (bicyclic) bond motifs is 2. The Labute approximate surface area is 159 Å². The number of halogens is 3. The molecule has 0 radical (unpaired) electrons. The predicted molar refractivity (Wildman–Crippen MR) is 93.2 cm³/mol. The average Bonchev–Trinajstić information content (AvgIpc) is 3.26. The van der Waals surface area contributed by atoms with Gasteiger partial charge in [-0.15, -0.1) is 0 Å². The fourth-order valence-corrected chi connectivity index (χ4v) is 2.71. The molecule has 1 unspecified atom stereocenters. The molecule has 2 aliphatic rings. The molecule has 0 aliphatic carbocycles. The van der Waals surface area contributed by atoms with E-state index in [9.17, 15) is 26.4 Å². The summed E-state index contributed by atoms with van der Waals surface area (Å²) in [5.41, 5.74) is -2.37. The number of esters is 1. The van der Waals surface area contributed by atoms with E-state index in [1.165, 1.54) is 46.7 Å². The lowest BCUT2D eigenvalue weighted by Gasteiger charge is -2.27. The number of hydrogen-bond donors (Lipinski definition) is 0. The zero-order chi connectivity index (χ0) is 21.5. The smallest absolute Gasteiger partial charge is 0.404 e. The van der Waals surface area contributed by atoms with Crippen LogP contribution in [0.1, 0.15) is 46.0 Å². The van der Waals surface area contributed by atoms with Crippen molar-refractivity contribution < 1.29 is 40.0 Å². The molecule has 11 heteroatoms. The van der Waals surface area contributed by atoms with Gasteiger partial charge in [0.05, 0.1) is 26.4 Å². The first-order valence-electron chi connectivity index (χ1n) is 8.53. The van der Waals surface area contributed by atoms with Gasteiger partial charge in [0.15, 0.2) is 5.41 Å². The van der Waals surface area contributed by atoms with Crippen LogP contribution < -0.4 is 0 Å². The zero-order valence-corrected chi connectivity index (χ0v) is 17.4. The number of alkyl halides is 3. The van der Waals surface area contributed by atoms with E-state index < -0.39 is 27.9 Å². The summed E-state index contributed by atoms with van der Waals surface area (Å²) in [6.45, 7) is 2.13. The number of nitrogens with zero attached hydrogens (tertiary/aromatic N) is 1. The van der Waals surface area contributed by atoms with Crippen molar-refractivity contribution in [2.24, 2.45) is 5.41 Å². The first-order chi connectivity index (χ1) is 12.2. The molecule has 0 aromatic carbocycles. The third-order valence-corrected chi connectivity index (χ3v) is 5.95. The first-order valence-corrected chi connectivity index (χ1v) is 9.90. The maximum absolute atomic E-state index is 12.2. The molecule has 2 aliphatic heterocycles. The molecule has 0 aromatic heterocycles. The Hall–Kier alpha value is -0.910. The highest BCUT2D eigenvalue weighted by atomic mass is 32.2. The van der Waals surface area contributed by atoms with E-state index in [1.807, 2.05) is 0 Å². The summed E-state index contributed by atoms with van der Waals surface area (Å²) >= 11 is 0. The average molecular weight is 421 g/mol. The summed E-state index contributed by atoms with van der Waals surface area (Å²) in [5.74, 6) is -1.24. The molecule has 2 fully saturated rings. The molecular weight excluding hydrogens is 391 g/mol. The maximum Gasteiger partial charge on any atom is 0.404 e. The molecule has 0 saturated carbocycles. The molecular formula is C16H30F3NO6S. The Morgan fingerprint density at radius 1 is 1.11 bits per heavy atom. The summed E-state index contributed by atoms with van der Waals surface area (Å²) in [5, 5.41) is 0. The van der Waals surface area contributed by atoms with Crippen LogP contribution in [-0.4, -0.2) is 65.4 Å². The SMILES string of the molecule is C1CC2CCC1O2.CCC(C)(C(=O)OC)C(F)(F)F.COS(=O)(=O)N(C)C. The van der Waals surface area contributed by atoms with Crippen molar-refractivity contribution in [1.29, 1.82) is 0 Å². The Morgan fingerprint density at radius 3 is 1.59 bits per heavy atom. The molecule has 0 N–H and O–H groups in total. The minimum Gasteiger partial charge on any atom is -0.468 e. The van der Waals surface area contributed by atoms with Gasteiger partial charge in [-0.2, -0.15) is 25.9 Å². The van der Waals surface area contributed by atoms with Crippen molar-refractivity contribution in [2.45, 2.75) is 64.3 Å². The minimum absolute atomic E-state index is 0.316. The van der Waals surface area contributed by atoms with Crippen LogP contribution in [0.4, 0.5) is 13.2 Å². The van der Waals surface area contributed by atoms with Gasteiger partial charge in [-0.25, -0.2) is 0 Å². The van der Waals surface area contributed by atoms with Crippen molar-refractivity contribution in [3.05, 3.63) is 0 Å². The van der Waals surface area contributed by atoms with Gasteiger partial charge in [-0.05, 0) is 39.0 Å². The van der Waals surface area contributed by atoms with Crippen molar-refractivity contribution in [2.75, 3.05) is 28.3 Å². The number of hydrogen-bond acceptors (Lipinski definition) is 6. The van der Waals surface area contributed by atoms with E-state index in [-0.39, 0.29) is 6.42 Å². The molecule has 27 heavy (non-hydrogen) atoms. The van der Waals surface area contributed by atoms with Gasteiger partial charge in [-0.1, -0.05) is 6.92 Å². The Kier molecular flexibility index (Phi) is 10.2. The van der Waals surface area contributed by atoms with Gasteiger partial charge >= 0.3 is 22.4 Å². The third-order valence-electron chi connectivity index (χ3n) is 4.63. The Bertz CT molecular complexity index is 549. The standard InChI is InChI=1S/C7H11F3O2.C6H10O.C3H9NO3S/c1-4-6(2,5(11)12-3)7(8,9)10;1-2-6-4-3-5(1)7-6;1-4(2)8(5,6)7-3/h4H2,1-3H3;5-6H,1-4H2;1-3H3.